The number of carbonyl (C=O) groups is 1. The smallest absolute Gasteiger partial charge is 0.219 e. The Hall–Kier alpha value is -1.81. The summed E-state index contributed by atoms with van der Waals surface area (Å²) in [6, 6.07) is 5.39. The van der Waals surface area contributed by atoms with Crippen LogP contribution in [0.3, 0.4) is 0 Å². The number of phenolic OH excluding ortho intramolecular Hbond substituents is 1. The lowest BCUT2D eigenvalue weighted by molar-refractivity contribution is -0.120. The molecule has 1 aromatic carbocycles. The van der Waals surface area contributed by atoms with Crippen molar-refractivity contribution in [3.8, 4) is 5.75 Å². The Labute approximate surface area is 112 Å². The summed E-state index contributed by atoms with van der Waals surface area (Å²) < 4.78 is 0. The van der Waals surface area contributed by atoms with Crippen LogP contribution in [-0.4, -0.2) is 29.3 Å². The summed E-state index contributed by atoms with van der Waals surface area (Å²) in [4.78, 5) is 11.2. The van der Waals surface area contributed by atoms with Crippen LogP contribution in [0.4, 0.5) is 0 Å². The zero-order chi connectivity index (χ0) is 13.8. The van der Waals surface area contributed by atoms with Gasteiger partial charge in [0.05, 0.1) is 0 Å². The molecule has 0 aromatic heterocycles. The third-order valence-corrected chi connectivity index (χ3v) is 3.35. The molecule has 0 aliphatic heterocycles. The minimum Gasteiger partial charge on any atom is -0.508 e. The van der Waals surface area contributed by atoms with Gasteiger partial charge in [-0.25, -0.2) is 0 Å². The van der Waals surface area contributed by atoms with Crippen molar-refractivity contribution in [3.05, 3.63) is 34.9 Å². The second-order valence-corrected chi connectivity index (χ2v) is 4.67. The minimum atomic E-state index is 0.0136. The normalized spacial score (nSPS) is 13.6. The molecule has 0 saturated heterocycles. The van der Waals surface area contributed by atoms with Gasteiger partial charge in [0.25, 0.3) is 0 Å². The number of allylic oxidation sites excluding steroid dienone is 1. The molecule has 0 unspecified atom stereocenters. The van der Waals surface area contributed by atoms with Crippen molar-refractivity contribution in [3.63, 3.8) is 0 Å². The molecule has 0 heterocycles. The number of hydrogen-bond donors (Lipinski definition) is 3. The van der Waals surface area contributed by atoms with Gasteiger partial charge in [-0.15, -0.1) is 0 Å². The van der Waals surface area contributed by atoms with Gasteiger partial charge in [0.2, 0.25) is 5.91 Å². The van der Waals surface area contributed by atoms with Crippen molar-refractivity contribution in [2.75, 3.05) is 13.2 Å². The van der Waals surface area contributed by atoms with Gasteiger partial charge in [0.15, 0.2) is 0 Å². The zero-order valence-corrected chi connectivity index (χ0v) is 11.1. The van der Waals surface area contributed by atoms with Crippen LogP contribution in [0.25, 0.3) is 5.57 Å². The minimum absolute atomic E-state index is 0.0136. The lowest BCUT2D eigenvalue weighted by Crippen LogP contribution is -2.22. The SMILES string of the molecule is CCC(=O)NCC1=C(c2cccc(O)c2CCO)C1. The molecular weight excluding hydrogens is 242 g/mol. The van der Waals surface area contributed by atoms with Crippen LogP contribution in [-0.2, 0) is 11.2 Å². The first-order chi connectivity index (χ1) is 9.17. The van der Waals surface area contributed by atoms with E-state index in [1.54, 1.807) is 12.1 Å². The summed E-state index contributed by atoms with van der Waals surface area (Å²) in [5.74, 6) is 0.271. The first-order valence-electron chi connectivity index (χ1n) is 6.57. The van der Waals surface area contributed by atoms with E-state index in [0.717, 1.165) is 17.5 Å². The van der Waals surface area contributed by atoms with Gasteiger partial charge < -0.3 is 15.5 Å². The average molecular weight is 261 g/mol. The molecule has 0 radical (unpaired) electrons. The standard InChI is InChI=1S/C15H19NO3/c1-2-15(19)16-9-10-8-13(10)11-4-3-5-14(18)12(11)6-7-17/h3-5,17-18H,2,6-9H2,1H3,(H,16,19). The molecule has 0 spiro atoms. The first kappa shape index (κ1) is 13.6. The highest BCUT2D eigenvalue weighted by molar-refractivity contribution is 5.86. The molecule has 1 aromatic rings. The molecule has 3 N–H and O–H groups in total. The van der Waals surface area contributed by atoms with Crippen LogP contribution >= 0.6 is 0 Å². The fourth-order valence-corrected chi connectivity index (χ4v) is 2.19. The fourth-order valence-electron chi connectivity index (χ4n) is 2.19. The molecule has 0 fully saturated rings. The number of aromatic hydroxyl groups is 1. The zero-order valence-electron chi connectivity index (χ0n) is 11.1. The second-order valence-electron chi connectivity index (χ2n) is 4.67. The lowest BCUT2D eigenvalue weighted by Gasteiger charge is -2.07. The van der Waals surface area contributed by atoms with Crippen LogP contribution < -0.4 is 5.32 Å². The average Bonchev–Trinajstić information content (AvgIpc) is 3.18. The Kier molecular flexibility index (Phi) is 4.22. The number of hydrogen-bond acceptors (Lipinski definition) is 3. The van der Waals surface area contributed by atoms with Gasteiger partial charge in [-0.2, -0.15) is 0 Å². The molecule has 0 atom stereocenters. The molecule has 1 aliphatic carbocycles. The van der Waals surface area contributed by atoms with Crippen molar-refractivity contribution in [1.29, 1.82) is 0 Å². The highest BCUT2D eigenvalue weighted by Crippen LogP contribution is 2.42. The van der Waals surface area contributed by atoms with E-state index in [4.69, 9.17) is 5.11 Å². The van der Waals surface area contributed by atoms with Crippen LogP contribution in [0.5, 0.6) is 5.75 Å². The highest BCUT2D eigenvalue weighted by atomic mass is 16.3. The fraction of sp³-hybridized carbons (Fsp3) is 0.400. The van der Waals surface area contributed by atoms with Gasteiger partial charge in [0.1, 0.15) is 5.75 Å². The molecule has 0 bridgehead atoms. The molecule has 4 heteroatoms. The maximum absolute atomic E-state index is 11.2. The number of carbonyl (C=O) groups excluding carboxylic acids is 1. The van der Waals surface area contributed by atoms with Crippen LogP contribution in [0.15, 0.2) is 23.8 Å². The largest absolute Gasteiger partial charge is 0.508 e. The Balaban J connectivity index is 2.13. The Morgan fingerprint density at radius 1 is 1.42 bits per heavy atom. The maximum atomic E-state index is 11.2. The summed E-state index contributed by atoms with van der Waals surface area (Å²) in [5.41, 5.74) is 4.16. The van der Waals surface area contributed by atoms with E-state index in [0.29, 0.717) is 19.4 Å². The van der Waals surface area contributed by atoms with Crippen LogP contribution in [0.1, 0.15) is 30.9 Å². The van der Waals surface area contributed by atoms with Crippen molar-refractivity contribution in [1.82, 2.24) is 5.32 Å². The molecule has 1 amide bonds. The van der Waals surface area contributed by atoms with E-state index in [1.807, 2.05) is 13.0 Å². The molecule has 4 nitrogen and oxygen atoms in total. The topological polar surface area (TPSA) is 69.6 Å². The van der Waals surface area contributed by atoms with Gasteiger partial charge >= 0.3 is 0 Å². The van der Waals surface area contributed by atoms with Crippen molar-refractivity contribution in [2.45, 2.75) is 26.2 Å². The number of amides is 1. The van der Waals surface area contributed by atoms with Gasteiger partial charge in [-0.3, -0.25) is 4.79 Å². The van der Waals surface area contributed by atoms with Crippen LogP contribution in [0.2, 0.25) is 0 Å². The predicted octanol–water partition coefficient (Wildman–Crippen LogP) is 1.61. The molecule has 1 aliphatic rings. The van der Waals surface area contributed by atoms with E-state index in [1.165, 1.54) is 11.1 Å². The number of benzene rings is 1. The summed E-state index contributed by atoms with van der Waals surface area (Å²) in [6.07, 6.45) is 1.80. The van der Waals surface area contributed by atoms with E-state index >= 15 is 0 Å². The molecule has 0 saturated carbocycles. The number of nitrogens with one attached hydrogen (secondary N) is 1. The summed E-state index contributed by atoms with van der Waals surface area (Å²) >= 11 is 0. The summed E-state index contributed by atoms with van der Waals surface area (Å²) in [6.45, 7) is 2.42. The quantitative estimate of drug-likeness (QED) is 0.728. The highest BCUT2D eigenvalue weighted by Gasteiger charge is 2.25. The summed E-state index contributed by atoms with van der Waals surface area (Å²) in [7, 11) is 0. The van der Waals surface area contributed by atoms with E-state index in [-0.39, 0.29) is 18.3 Å². The lowest BCUT2D eigenvalue weighted by atomic mass is 10.0. The van der Waals surface area contributed by atoms with E-state index in [9.17, 15) is 9.90 Å². The predicted molar refractivity (Wildman–Crippen MR) is 73.7 cm³/mol. The third kappa shape index (κ3) is 3.15. The number of phenols is 1. The number of aliphatic hydroxyl groups excluding tert-OH is 1. The maximum Gasteiger partial charge on any atom is 0.219 e. The van der Waals surface area contributed by atoms with E-state index < -0.39 is 0 Å². The van der Waals surface area contributed by atoms with Crippen molar-refractivity contribution < 1.29 is 15.0 Å². The number of rotatable bonds is 6. The molecule has 19 heavy (non-hydrogen) atoms. The van der Waals surface area contributed by atoms with Crippen molar-refractivity contribution >= 4 is 11.5 Å². The third-order valence-electron chi connectivity index (χ3n) is 3.35. The second kappa shape index (κ2) is 5.89. The molecule has 2 rings (SSSR count). The van der Waals surface area contributed by atoms with Gasteiger partial charge in [0, 0.05) is 25.1 Å². The monoisotopic (exact) mass is 261 g/mol. The van der Waals surface area contributed by atoms with Crippen LogP contribution in [0, 0.1) is 0 Å². The molecular formula is C15H19NO3. The summed E-state index contributed by atoms with van der Waals surface area (Å²) in [5, 5.41) is 21.8. The van der Waals surface area contributed by atoms with Crippen molar-refractivity contribution in [2.24, 2.45) is 0 Å². The van der Waals surface area contributed by atoms with Gasteiger partial charge in [-0.05, 0) is 35.6 Å². The van der Waals surface area contributed by atoms with E-state index in [2.05, 4.69) is 5.32 Å². The Morgan fingerprint density at radius 2 is 2.21 bits per heavy atom. The number of aliphatic hydroxyl groups is 1. The molecule has 102 valence electrons. The Morgan fingerprint density at radius 3 is 2.89 bits per heavy atom. The first-order valence-corrected chi connectivity index (χ1v) is 6.57. The Bertz CT molecular complexity index is 520. The van der Waals surface area contributed by atoms with Gasteiger partial charge in [-0.1, -0.05) is 19.1 Å².